The third-order valence-electron chi connectivity index (χ3n) is 4.11. The van der Waals surface area contributed by atoms with E-state index in [1.54, 1.807) is 6.07 Å². The number of alkyl halides is 3. The molecular weight excluding hydrogens is 313 g/mol. The van der Waals surface area contributed by atoms with Crippen LogP contribution in [0.1, 0.15) is 43.0 Å². The molecule has 0 saturated carbocycles. The lowest BCUT2D eigenvalue weighted by atomic mass is 9.88. The molecule has 3 rings (SSSR count). The van der Waals surface area contributed by atoms with Gasteiger partial charge in [0, 0.05) is 5.56 Å². The molecule has 4 heteroatoms. The number of rotatable bonds is 2. The van der Waals surface area contributed by atoms with Gasteiger partial charge in [-0.05, 0) is 61.2 Å². The van der Waals surface area contributed by atoms with Crippen molar-refractivity contribution in [2.75, 3.05) is 0 Å². The Morgan fingerprint density at radius 1 is 1.04 bits per heavy atom. The standard InChI is InChI=1S/C20H19F3O/c1-4-13-8-9-16-17(12-19(2,3)24-18(16)10-13)14-6-5-7-15(11-14)20(21,22)23/h5-12H,4H2,1-3H3. The number of benzene rings is 2. The first-order valence-electron chi connectivity index (χ1n) is 7.92. The Morgan fingerprint density at radius 2 is 1.79 bits per heavy atom. The van der Waals surface area contributed by atoms with Crippen molar-refractivity contribution in [2.45, 2.75) is 39.0 Å². The van der Waals surface area contributed by atoms with Gasteiger partial charge in [-0.15, -0.1) is 0 Å². The SMILES string of the molecule is CCc1ccc2c(c1)OC(C)(C)C=C2c1cccc(C(F)(F)F)c1. The van der Waals surface area contributed by atoms with Gasteiger partial charge in [0.1, 0.15) is 11.4 Å². The Morgan fingerprint density at radius 3 is 2.46 bits per heavy atom. The van der Waals surface area contributed by atoms with Gasteiger partial charge in [0.25, 0.3) is 0 Å². The summed E-state index contributed by atoms with van der Waals surface area (Å²) in [6, 6.07) is 11.3. The second-order valence-corrected chi connectivity index (χ2v) is 6.53. The van der Waals surface area contributed by atoms with Crippen molar-refractivity contribution in [1.29, 1.82) is 0 Å². The number of ether oxygens (including phenoxy) is 1. The third-order valence-corrected chi connectivity index (χ3v) is 4.11. The number of hydrogen-bond acceptors (Lipinski definition) is 1. The summed E-state index contributed by atoms with van der Waals surface area (Å²) in [7, 11) is 0. The van der Waals surface area contributed by atoms with Crippen molar-refractivity contribution >= 4 is 5.57 Å². The van der Waals surface area contributed by atoms with Gasteiger partial charge >= 0.3 is 6.18 Å². The predicted molar refractivity (Wildman–Crippen MR) is 89.1 cm³/mol. The third kappa shape index (κ3) is 3.18. The van der Waals surface area contributed by atoms with Crippen LogP contribution >= 0.6 is 0 Å². The summed E-state index contributed by atoms with van der Waals surface area (Å²) in [6.45, 7) is 5.86. The number of hydrogen-bond donors (Lipinski definition) is 0. The van der Waals surface area contributed by atoms with E-state index in [1.807, 2.05) is 38.1 Å². The lowest BCUT2D eigenvalue weighted by molar-refractivity contribution is -0.137. The maximum Gasteiger partial charge on any atom is 0.416 e. The highest BCUT2D eigenvalue weighted by Crippen LogP contribution is 2.41. The fourth-order valence-corrected chi connectivity index (χ4v) is 2.93. The molecule has 0 spiro atoms. The predicted octanol–water partition coefficient (Wildman–Crippen LogP) is 5.87. The second-order valence-electron chi connectivity index (χ2n) is 6.53. The number of aryl methyl sites for hydroxylation is 1. The van der Waals surface area contributed by atoms with E-state index in [2.05, 4.69) is 6.92 Å². The lowest BCUT2D eigenvalue weighted by Gasteiger charge is -2.31. The molecule has 0 unspecified atom stereocenters. The molecule has 1 nitrogen and oxygen atoms in total. The Kier molecular flexibility index (Phi) is 3.94. The summed E-state index contributed by atoms with van der Waals surface area (Å²) in [4.78, 5) is 0. The zero-order valence-electron chi connectivity index (χ0n) is 13.9. The van der Waals surface area contributed by atoms with E-state index in [-0.39, 0.29) is 0 Å². The molecule has 0 N–H and O–H groups in total. The van der Waals surface area contributed by atoms with E-state index in [4.69, 9.17) is 4.74 Å². The van der Waals surface area contributed by atoms with Crippen LogP contribution in [-0.4, -0.2) is 5.60 Å². The van der Waals surface area contributed by atoms with Crippen molar-refractivity contribution in [1.82, 2.24) is 0 Å². The molecular formula is C20H19F3O. The minimum atomic E-state index is -4.36. The van der Waals surface area contributed by atoms with Crippen molar-refractivity contribution in [3.8, 4) is 5.75 Å². The molecule has 0 aromatic heterocycles. The maximum atomic E-state index is 13.0. The van der Waals surface area contributed by atoms with Crippen LogP contribution < -0.4 is 4.74 Å². The van der Waals surface area contributed by atoms with Gasteiger partial charge in [0.05, 0.1) is 5.56 Å². The van der Waals surface area contributed by atoms with Crippen LogP contribution in [0, 0.1) is 0 Å². The normalized spacial score (nSPS) is 16.2. The van der Waals surface area contributed by atoms with Crippen LogP contribution in [0.25, 0.3) is 5.57 Å². The van der Waals surface area contributed by atoms with Gasteiger partial charge in [-0.3, -0.25) is 0 Å². The van der Waals surface area contributed by atoms with Crippen LogP contribution in [0.3, 0.4) is 0 Å². The molecule has 2 aromatic carbocycles. The molecule has 1 aliphatic rings. The van der Waals surface area contributed by atoms with Crippen LogP contribution in [0.15, 0.2) is 48.5 Å². The van der Waals surface area contributed by atoms with Gasteiger partial charge in [0.15, 0.2) is 0 Å². The molecule has 0 amide bonds. The van der Waals surface area contributed by atoms with E-state index in [9.17, 15) is 13.2 Å². The monoisotopic (exact) mass is 332 g/mol. The van der Waals surface area contributed by atoms with Gasteiger partial charge in [-0.1, -0.05) is 31.2 Å². The minimum absolute atomic E-state index is 0.548. The van der Waals surface area contributed by atoms with Crippen LogP contribution in [0.2, 0.25) is 0 Å². The highest BCUT2D eigenvalue weighted by atomic mass is 19.4. The lowest BCUT2D eigenvalue weighted by Crippen LogP contribution is -2.29. The van der Waals surface area contributed by atoms with E-state index in [0.717, 1.165) is 29.2 Å². The Hall–Kier alpha value is -2.23. The van der Waals surface area contributed by atoms with E-state index in [0.29, 0.717) is 11.3 Å². The first-order valence-corrected chi connectivity index (χ1v) is 7.92. The van der Waals surface area contributed by atoms with Crippen LogP contribution in [0.4, 0.5) is 13.2 Å². The Bertz CT molecular complexity index is 801. The zero-order valence-corrected chi connectivity index (χ0v) is 13.9. The van der Waals surface area contributed by atoms with Crippen LogP contribution in [0.5, 0.6) is 5.75 Å². The van der Waals surface area contributed by atoms with E-state index in [1.165, 1.54) is 12.1 Å². The molecule has 0 aliphatic carbocycles. The molecule has 1 aliphatic heterocycles. The molecule has 0 atom stereocenters. The average molecular weight is 332 g/mol. The summed E-state index contributed by atoms with van der Waals surface area (Å²) < 4.78 is 45.1. The first-order chi connectivity index (χ1) is 11.2. The molecule has 0 radical (unpaired) electrons. The smallest absolute Gasteiger partial charge is 0.416 e. The minimum Gasteiger partial charge on any atom is -0.483 e. The first kappa shape index (κ1) is 16.6. The number of fused-ring (bicyclic) bond motifs is 1. The van der Waals surface area contributed by atoms with Crippen molar-refractivity contribution in [2.24, 2.45) is 0 Å². The molecule has 126 valence electrons. The van der Waals surface area contributed by atoms with Gasteiger partial charge in [-0.2, -0.15) is 13.2 Å². The quantitative estimate of drug-likeness (QED) is 0.668. The van der Waals surface area contributed by atoms with Crippen molar-refractivity contribution < 1.29 is 17.9 Å². The summed E-state index contributed by atoms with van der Waals surface area (Å²) in [5, 5.41) is 0. The zero-order chi connectivity index (χ0) is 17.5. The summed E-state index contributed by atoms with van der Waals surface area (Å²) >= 11 is 0. The summed E-state index contributed by atoms with van der Waals surface area (Å²) in [5.41, 5.74) is 2.06. The van der Waals surface area contributed by atoms with Gasteiger partial charge in [0.2, 0.25) is 0 Å². The van der Waals surface area contributed by atoms with Gasteiger partial charge in [-0.25, -0.2) is 0 Å². The van der Waals surface area contributed by atoms with Crippen molar-refractivity contribution in [3.63, 3.8) is 0 Å². The van der Waals surface area contributed by atoms with Crippen LogP contribution in [-0.2, 0) is 12.6 Å². The molecule has 0 fully saturated rings. The van der Waals surface area contributed by atoms with Crippen molar-refractivity contribution in [3.05, 3.63) is 70.8 Å². The summed E-state index contributed by atoms with van der Waals surface area (Å²) in [5.74, 6) is 0.717. The maximum absolute atomic E-state index is 13.0. The fraction of sp³-hybridized carbons (Fsp3) is 0.300. The Balaban J connectivity index is 2.15. The Labute approximate surface area is 139 Å². The molecule has 1 heterocycles. The van der Waals surface area contributed by atoms with Gasteiger partial charge < -0.3 is 4.74 Å². The molecule has 24 heavy (non-hydrogen) atoms. The fourth-order valence-electron chi connectivity index (χ4n) is 2.93. The highest BCUT2D eigenvalue weighted by molar-refractivity contribution is 5.85. The highest BCUT2D eigenvalue weighted by Gasteiger charge is 2.32. The molecule has 0 saturated heterocycles. The molecule has 0 bridgehead atoms. The second kappa shape index (κ2) is 5.69. The molecule has 2 aromatic rings. The largest absolute Gasteiger partial charge is 0.483 e. The van der Waals surface area contributed by atoms with E-state index >= 15 is 0 Å². The average Bonchev–Trinajstić information content (AvgIpc) is 2.52. The summed E-state index contributed by atoms with van der Waals surface area (Å²) in [6.07, 6.45) is -1.59. The topological polar surface area (TPSA) is 9.23 Å². The van der Waals surface area contributed by atoms with E-state index < -0.39 is 17.3 Å². The number of halogens is 3.